The van der Waals surface area contributed by atoms with E-state index in [-0.39, 0.29) is 11.9 Å². The van der Waals surface area contributed by atoms with Crippen molar-refractivity contribution >= 4 is 33.3 Å². The van der Waals surface area contributed by atoms with Crippen molar-refractivity contribution in [2.45, 2.75) is 32.7 Å². The number of nitrogens with one attached hydrogen (secondary N) is 1. The monoisotopic (exact) mass is 366 g/mol. The summed E-state index contributed by atoms with van der Waals surface area (Å²) in [6.07, 6.45) is 3.24. The molecule has 0 radical (unpaired) electrons. The number of thiophene rings is 1. The number of benzene rings is 1. The minimum Gasteiger partial charge on any atom is -0.365 e. The fourth-order valence-electron chi connectivity index (χ4n) is 3.44. The summed E-state index contributed by atoms with van der Waals surface area (Å²) in [6.45, 7) is 5.75. The third-order valence-electron chi connectivity index (χ3n) is 4.78. The van der Waals surface area contributed by atoms with Gasteiger partial charge in [0.1, 0.15) is 17.0 Å². The van der Waals surface area contributed by atoms with Crippen LogP contribution >= 0.6 is 11.3 Å². The lowest BCUT2D eigenvalue weighted by molar-refractivity contribution is -0.127. The highest BCUT2D eigenvalue weighted by Gasteiger charge is 2.22. The van der Waals surface area contributed by atoms with Gasteiger partial charge in [0.25, 0.3) is 0 Å². The number of hydrogen-bond acceptors (Lipinski definition) is 5. The Morgan fingerprint density at radius 2 is 2.08 bits per heavy atom. The smallest absolute Gasteiger partial charge is 0.222 e. The first-order valence-electron chi connectivity index (χ1n) is 8.95. The van der Waals surface area contributed by atoms with E-state index < -0.39 is 0 Å². The molecule has 134 valence electrons. The average Bonchev–Trinajstić information content (AvgIpc) is 3.23. The number of aryl methyl sites for hydroxylation is 1. The van der Waals surface area contributed by atoms with E-state index in [9.17, 15) is 4.79 Å². The van der Waals surface area contributed by atoms with Crippen molar-refractivity contribution in [2.24, 2.45) is 0 Å². The molecule has 5 nitrogen and oxygen atoms in total. The van der Waals surface area contributed by atoms with E-state index >= 15 is 0 Å². The van der Waals surface area contributed by atoms with Gasteiger partial charge in [0.2, 0.25) is 5.91 Å². The van der Waals surface area contributed by atoms with Gasteiger partial charge in [-0.15, -0.1) is 11.3 Å². The Morgan fingerprint density at radius 1 is 1.27 bits per heavy atom. The summed E-state index contributed by atoms with van der Waals surface area (Å²) in [5, 5.41) is 6.70. The number of carbonyl (C=O) groups is 1. The summed E-state index contributed by atoms with van der Waals surface area (Å²) in [7, 11) is 0. The Hall–Kier alpha value is -2.47. The summed E-state index contributed by atoms with van der Waals surface area (Å²) in [6, 6.07) is 8.65. The Morgan fingerprint density at radius 3 is 2.81 bits per heavy atom. The van der Waals surface area contributed by atoms with Crippen LogP contribution in [-0.2, 0) is 4.79 Å². The summed E-state index contributed by atoms with van der Waals surface area (Å²) in [4.78, 5) is 23.7. The molecule has 1 fully saturated rings. The minimum atomic E-state index is 0.126. The van der Waals surface area contributed by atoms with Crippen LogP contribution in [0.2, 0.25) is 0 Å². The molecule has 0 spiro atoms. The number of aromatic nitrogens is 2. The Bertz CT molecular complexity index is 935. The van der Waals surface area contributed by atoms with Crippen LogP contribution in [0.15, 0.2) is 36.0 Å². The SMILES string of the molecule is Cc1ccc(-c2csc3ncnc(NC(C)CN4CCCC4=O)c23)cc1. The highest BCUT2D eigenvalue weighted by atomic mass is 32.1. The maximum Gasteiger partial charge on any atom is 0.222 e. The quantitative estimate of drug-likeness (QED) is 0.739. The number of likely N-dealkylation sites (tertiary alicyclic amines) is 1. The highest BCUT2D eigenvalue weighted by molar-refractivity contribution is 7.17. The van der Waals surface area contributed by atoms with Gasteiger partial charge in [0.05, 0.1) is 5.39 Å². The summed E-state index contributed by atoms with van der Waals surface area (Å²) < 4.78 is 0. The fraction of sp³-hybridized carbons (Fsp3) is 0.350. The van der Waals surface area contributed by atoms with Crippen molar-refractivity contribution in [3.63, 3.8) is 0 Å². The second-order valence-corrected chi connectivity index (χ2v) is 7.76. The zero-order chi connectivity index (χ0) is 18.1. The standard InChI is InChI=1S/C20H22N4OS/c1-13-5-7-15(8-6-13)16-11-26-20-18(16)19(21-12-22-20)23-14(2)10-24-9-3-4-17(24)25/h5-8,11-12,14H,3-4,9-10H2,1-2H3,(H,21,22,23). The summed E-state index contributed by atoms with van der Waals surface area (Å²) in [5.74, 6) is 1.09. The first-order valence-corrected chi connectivity index (χ1v) is 9.83. The largest absolute Gasteiger partial charge is 0.365 e. The Kier molecular flexibility index (Phi) is 4.59. The first-order chi connectivity index (χ1) is 12.6. The summed E-state index contributed by atoms with van der Waals surface area (Å²) in [5.41, 5.74) is 3.56. The molecule has 0 saturated carbocycles. The molecule has 1 amide bonds. The predicted molar refractivity (Wildman–Crippen MR) is 106 cm³/mol. The maximum absolute atomic E-state index is 11.9. The van der Waals surface area contributed by atoms with Crippen molar-refractivity contribution in [3.05, 3.63) is 41.5 Å². The molecular weight excluding hydrogens is 344 g/mol. The zero-order valence-corrected chi connectivity index (χ0v) is 15.8. The van der Waals surface area contributed by atoms with Gasteiger partial charge in [-0.05, 0) is 25.8 Å². The van der Waals surface area contributed by atoms with Gasteiger partial charge in [-0.2, -0.15) is 0 Å². The van der Waals surface area contributed by atoms with E-state index in [4.69, 9.17) is 0 Å². The lowest BCUT2D eigenvalue weighted by atomic mass is 10.0. The normalized spacial score (nSPS) is 15.6. The number of rotatable bonds is 5. The van der Waals surface area contributed by atoms with Gasteiger partial charge >= 0.3 is 0 Å². The van der Waals surface area contributed by atoms with Crippen LogP contribution in [0.4, 0.5) is 5.82 Å². The molecule has 1 aromatic carbocycles. The predicted octanol–water partition coefficient (Wildman–Crippen LogP) is 4.09. The van der Waals surface area contributed by atoms with Crippen LogP contribution in [-0.4, -0.2) is 39.9 Å². The number of nitrogens with zero attached hydrogens (tertiary/aromatic N) is 3. The van der Waals surface area contributed by atoms with Crippen LogP contribution in [0.5, 0.6) is 0 Å². The van der Waals surface area contributed by atoms with Gasteiger partial charge < -0.3 is 10.2 Å². The molecule has 0 aliphatic carbocycles. The van der Waals surface area contributed by atoms with Crippen LogP contribution in [0, 0.1) is 6.92 Å². The number of hydrogen-bond donors (Lipinski definition) is 1. The third-order valence-corrected chi connectivity index (χ3v) is 5.67. The van der Waals surface area contributed by atoms with E-state index in [1.165, 1.54) is 11.1 Å². The molecule has 1 aliphatic rings. The average molecular weight is 366 g/mol. The van der Waals surface area contributed by atoms with Crippen LogP contribution in [0.25, 0.3) is 21.3 Å². The minimum absolute atomic E-state index is 0.126. The molecule has 1 saturated heterocycles. The molecule has 1 unspecified atom stereocenters. The van der Waals surface area contributed by atoms with Gasteiger partial charge in [0, 0.05) is 36.5 Å². The molecule has 6 heteroatoms. The molecule has 3 aromatic rings. The van der Waals surface area contributed by atoms with Crippen LogP contribution in [0.1, 0.15) is 25.3 Å². The van der Waals surface area contributed by atoms with Crippen molar-refractivity contribution < 1.29 is 4.79 Å². The molecule has 1 N–H and O–H groups in total. The van der Waals surface area contributed by atoms with Crippen LogP contribution < -0.4 is 5.32 Å². The van der Waals surface area contributed by atoms with Gasteiger partial charge in [-0.1, -0.05) is 29.8 Å². The molecule has 0 bridgehead atoms. The molecule has 2 aromatic heterocycles. The topological polar surface area (TPSA) is 58.1 Å². The van der Waals surface area contributed by atoms with E-state index in [1.54, 1.807) is 17.7 Å². The first kappa shape index (κ1) is 17.0. The van der Waals surface area contributed by atoms with E-state index in [0.29, 0.717) is 13.0 Å². The number of anilines is 1. The molecule has 1 atom stereocenters. The summed E-state index contributed by atoms with van der Waals surface area (Å²) >= 11 is 1.63. The molecule has 26 heavy (non-hydrogen) atoms. The van der Waals surface area contributed by atoms with Crippen molar-refractivity contribution in [1.82, 2.24) is 14.9 Å². The van der Waals surface area contributed by atoms with Crippen LogP contribution in [0.3, 0.4) is 0 Å². The molecule has 1 aliphatic heterocycles. The van der Waals surface area contributed by atoms with E-state index in [2.05, 4.69) is 58.8 Å². The number of carbonyl (C=O) groups excluding carboxylic acids is 1. The van der Waals surface area contributed by atoms with Crippen molar-refractivity contribution in [2.75, 3.05) is 18.4 Å². The number of fused-ring (bicyclic) bond motifs is 1. The fourth-order valence-corrected chi connectivity index (χ4v) is 4.35. The molecule has 4 rings (SSSR count). The van der Waals surface area contributed by atoms with Gasteiger partial charge in [-0.25, -0.2) is 9.97 Å². The Balaban J connectivity index is 1.63. The van der Waals surface area contributed by atoms with Gasteiger partial charge in [0.15, 0.2) is 0 Å². The maximum atomic E-state index is 11.9. The third kappa shape index (κ3) is 3.29. The van der Waals surface area contributed by atoms with Gasteiger partial charge in [-0.3, -0.25) is 4.79 Å². The van der Waals surface area contributed by atoms with E-state index in [0.717, 1.165) is 34.6 Å². The molecular formula is C20H22N4OS. The van der Waals surface area contributed by atoms with E-state index in [1.807, 2.05) is 4.90 Å². The zero-order valence-electron chi connectivity index (χ0n) is 15.0. The number of amides is 1. The van der Waals surface area contributed by atoms with Crippen molar-refractivity contribution in [1.29, 1.82) is 0 Å². The lowest BCUT2D eigenvalue weighted by Crippen LogP contribution is -2.35. The second-order valence-electron chi connectivity index (χ2n) is 6.91. The highest BCUT2D eigenvalue weighted by Crippen LogP contribution is 2.36. The lowest BCUT2D eigenvalue weighted by Gasteiger charge is -2.22. The van der Waals surface area contributed by atoms with Crippen molar-refractivity contribution in [3.8, 4) is 11.1 Å². The Labute approximate surface area is 157 Å². The second kappa shape index (κ2) is 7.03. The molecule has 3 heterocycles.